The summed E-state index contributed by atoms with van der Waals surface area (Å²) < 4.78 is 27.2. The maximum atomic E-state index is 12.4. The monoisotopic (exact) mass is 387 g/mol. The number of hydrogen-bond acceptors (Lipinski definition) is 4. The largest absolute Gasteiger partial charge is 0.393 e. The number of thiophene rings is 1. The Morgan fingerprint density at radius 1 is 1.53 bits per heavy atom. The van der Waals surface area contributed by atoms with Gasteiger partial charge in [0.25, 0.3) is 10.0 Å². The SMILES string of the molecule is CC(O)C1CCN(S(=O)(=O)c2cc(Cl)c(Br)s2)CC1. The molecule has 8 heteroatoms. The van der Waals surface area contributed by atoms with Crippen molar-refractivity contribution in [2.45, 2.75) is 30.1 Å². The average molecular weight is 389 g/mol. The molecular weight excluding hydrogens is 374 g/mol. The second-order valence-corrected chi connectivity index (χ2v) is 9.61. The van der Waals surface area contributed by atoms with E-state index in [9.17, 15) is 13.5 Å². The predicted molar refractivity (Wildman–Crippen MR) is 80.2 cm³/mol. The van der Waals surface area contributed by atoms with Crippen molar-refractivity contribution in [1.82, 2.24) is 4.31 Å². The molecule has 1 fully saturated rings. The van der Waals surface area contributed by atoms with Crippen LogP contribution in [0.1, 0.15) is 19.8 Å². The van der Waals surface area contributed by atoms with Crippen molar-refractivity contribution in [3.63, 3.8) is 0 Å². The normalized spacial score (nSPS) is 20.6. The van der Waals surface area contributed by atoms with Gasteiger partial charge in [0.05, 0.1) is 14.9 Å². The molecule has 0 saturated carbocycles. The van der Waals surface area contributed by atoms with Crippen molar-refractivity contribution >= 4 is 48.9 Å². The summed E-state index contributed by atoms with van der Waals surface area (Å²) in [5, 5.41) is 9.95. The van der Waals surface area contributed by atoms with E-state index in [1.807, 2.05) is 0 Å². The first-order valence-corrected chi connectivity index (χ1v) is 9.38. The Kier molecular flexibility index (Phi) is 4.96. The van der Waals surface area contributed by atoms with Crippen molar-refractivity contribution in [3.05, 3.63) is 14.9 Å². The van der Waals surface area contributed by atoms with Crippen LogP contribution < -0.4 is 0 Å². The molecule has 0 bridgehead atoms. The van der Waals surface area contributed by atoms with Crippen LogP contribution in [-0.4, -0.2) is 37.0 Å². The third-order valence-electron chi connectivity index (χ3n) is 3.40. The summed E-state index contributed by atoms with van der Waals surface area (Å²) in [6, 6.07) is 1.48. The lowest BCUT2D eigenvalue weighted by molar-refractivity contribution is 0.0912. The van der Waals surface area contributed by atoms with Gasteiger partial charge < -0.3 is 5.11 Å². The summed E-state index contributed by atoms with van der Waals surface area (Å²) in [5.74, 6) is 0.185. The molecule has 19 heavy (non-hydrogen) atoms. The zero-order chi connectivity index (χ0) is 14.2. The molecule has 1 aromatic heterocycles. The zero-order valence-corrected chi connectivity index (χ0v) is 14.3. The Balaban J connectivity index is 2.14. The molecule has 0 aromatic carbocycles. The molecule has 1 atom stereocenters. The fraction of sp³-hybridized carbons (Fsp3) is 0.636. The number of rotatable bonds is 3. The standard InChI is InChI=1S/C11H15BrClNO3S2/c1-7(15)8-2-4-14(5-3-8)19(16,17)10-6-9(13)11(12)18-10/h6-8,15H,2-5H2,1H3. The molecule has 0 spiro atoms. The Bertz CT molecular complexity index is 531. The molecule has 108 valence electrons. The Morgan fingerprint density at radius 2 is 2.11 bits per heavy atom. The van der Waals surface area contributed by atoms with Crippen LogP contribution in [-0.2, 0) is 10.0 Å². The molecule has 0 amide bonds. The average Bonchev–Trinajstić information content (AvgIpc) is 2.70. The van der Waals surface area contributed by atoms with Gasteiger partial charge in [-0.1, -0.05) is 11.6 Å². The van der Waals surface area contributed by atoms with Gasteiger partial charge in [-0.3, -0.25) is 0 Å². The van der Waals surface area contributed by atoms with Crippen LogP contribution in [0.2, 0.25) is 5.02 Å². The van der Waals surface area contributed by atoms with E-state index in [0.717, 1.165) is 11.3 Å². The van der Waals surface area contributed by atoms with Crippen LogP contribution in [0.25, 0.3) is 0 Å². The molecule has 1 aliphatic rings. The fourth-order valence-electron chi connectivity index (χ4n) is 2.18. The van der Waals surface area contributed by atoms with Crippen LogP contribution in [0, 0.1) is 5.92 Å². The minimum atomic E-state index is -3.46. The van der Waals surface area contributed by atoms with Crippen LogP contribution in [0.5, 0.6) is 0 Å². The highest BCUT2D eigenvalue weighted by Gasteiger charge is 2.32. The van der Waals surface area contributed by atoms with Gasteiger partial charge in [-0.2, -0.15) is 4.31 Å². The Morgan fingerprint density at radius 3 is 2.53 bits per heavy atom. The molecular formula is C11H15BrClNO3S2. The second kappa shape index (κ2) is 5.99. The second-order valence-electron chi connectivity index (χ2n) is 4.67. The number of aliphatic hydroxyl groups excluding tert-OH is 1. The Labute approximate surface area is 130 Å². The quantitative estimate of drug-likeness (QED) is 0.866. The maximum Gasteiger partial charge on any atom is 0.252 e. The van der Waals surface area contributed by atoms with Gasteiger partial charge in [0.1, 0.15) is 4.21 Å². The van der Waals surface area contributed by atoms with Gasteiger partial charge >= 0.3 is 0 Å². The summed E-state index contributed by atoms with van der Waals surface area (Å²) in [6.45, 7) is 2.65. The number of halogens is 2. The third-order valence-corrected chi connectivity index (χ3v) is 8.22. The predicted octanol–water partition coefficient (Wildman–Crippen LogP) is 2.95. The zero-order valence-electron chi connectivity index (χ0n) is 10.3. The fourth-order valence-corrected chi connectivity index (χ4v) is 6.20. The van der Waals surface area contributed by atoms with Crippen LogP contribution in [0.15, 0.2) is 14.1 Å². The number of nitrogens with zero attached hydrogens (tertiary/aromatic N) is 1. The van der Waals surface area contributed by atoms with Crippen molar-refractivity contribution < 1.29 is 13.5 Å². The maximum absolute atomic E-state index is 12.4. The van der Waals surface area contributed by atoms with E-state index >= 15 is 0 Å². The number of aliphatic hydroxyl groups is 1. The van der Waals surface area contributed by atoms with E-state index in [0.29, 0.717) is 34.7 Å². The van der Waals surface area contributed by atoms with Gasteiger partial charge in [0.15, 0.2) is 0 Å². The highest BCUT2D eigenvalue weighted by atomic mass is 79.9. The topological polar surface area (TPSA) is 57.6 Å². The number of piperidine rings is 1. The first-order valence-electron chi connectivity index (χ1n) is 5.95. The summed E-state index contributed by atoms with van der Waals surface area (Å²) >= 11 is 10.2. The molecule has 0 radical (unpaired) electrons. The first kappa shape index (κ1) is 15.7. The van der Waals surface area contributed by atoms with Gasteiger partial charge in [-0.15, -0.1) is 11.3 Å². The minimum Gasteiger partial charge on any atom is -0.393 e. The molecule has 2 rings (SSSR count). The van der Waals surface area contributed by atoms with Gasteiger partial charge in [0, 0.05) is 13.1 Å². The van der Waals surface area contributed by atoms with Crippen LogP contribution in [0.4, 0.5) is 0 Å². The lowest BCUT2D eigenvalue weighted by Gasteiger charge is -2.32. The molecule has 1 saturated heterocycles. The molecule has 2 heterocycles. The van der Waals surface area contributed by atoms with Crippen molar-refractivity contribution in [2.75, 3.05) is 13.1 Å². The highest BCUT2D eigenvalue weighted by Crippen LogP contribution is 2.36. The van der Waals surface area contributed by atoms with E-state index in [-0.39, 0.29) is 16.2 Å². The van der Waals surface area contributed by atoms with E-state index in [1.54, 1.807) is 6.92 Å². The molecule has 1 unspecified atom stereocenters. The van der Waals surface area contributed by atoms with E-state index in [4.69, 9.17) is 11.6 Å². The van der Waals surface area contributed by atoms with Gasteiger partial charge in [-0.25, -0.2) is 8.42 Å². The molecule has 0 aliphatic carbocycles. The highest BCUT2D eigenvalue weighted by molar-refractivity contribution is 9.11. The van der Waals surface area contributed by atoms with Crippen molar-refractivity contribution in [3.8, 4) is 0 Å². The van der Waals surface area contributed by atoms with Crippen LogP contribution in [0.3, 0.4) is 0 Å². The number of hydrogen-bond donors (Lipinski definition) is 1. The molecule has 1 aliphatic heterocycles. The minimum absolute atomic E-state index is 0.185. The van der Waals surface area contributed by atoms with Crippen molar-refractivity contribution in [2.24, 2.45) is 5.92 Å². The molecule has 1 aromatic rings. The lowest BCUT2D eigenvalue weighted by atomic mass is 9.93. The van der Waals surface area contributed by atoms with E-state index in [1.165, 1.54) is 10.4 Å². The van der Waals surface area contributed by atoms with Crippen molar-refractivity contribution in [1.29, 1.82) is 0 Å². The van der Waals surface area contributed by atoms with Gasteiger partial charge in [0.2, 0.25) is 0 Å². The molecule has 1 N–H and O–H groups in total. The number of sulfonamides is 1. The summed E-state index contributed by atoms with van der Waals surface area (Å²) in [7, 11) is -3.46. The smallest absolute Gasteiger partial charge is 0.252 e. The van der Waals surface area contributed by atoms with E-state index in [2.05, 4.69) is 15.9 Å². The summed E-state index contributed by atoms with van der Waals surface area (Å²) in [5.41, 5.74) is 0. The Hall–Kier alpha value is 0.340. The van der Waals surface area contributed by atoms with Crippen LogP contribution >= 0.6 is 38.9 Å². The summed E-state index contributed by atoms with van der Waals surface area (Å²) in [6.07, 6.45) is 1.00. The lowest BCUT2D eigenvalue weighted by Crippen LogP contribution is -2.40. The van der Waals surface area contributed by atoms with E-state index < -0.39 is 10.0 Å². The summed E-state index contributed by atoms with van der Waals surface area (Å²) in [4.78, 5) is 0. The van der Waals surface area contributed by atoms with Gasteiger partial charge in [-0.05, 0) is 47.7 Å². The molecule has 4 nitrogen and oxygen atoms in total. The first-order chi connectivity index (χ1) is 8.82. The third kappa shape index (κ3) is 3.33.